The first kappa shape index (κ1) is 22.8. The number of fused-ring (bicyclic) bond motifs is 1. The van der Waals surface area contributed by atoms with E-state index in [0.717, 1.165) is 68.9 Å². The number of hydrogen-bond acceptors (Lipinski definition) is 6. The van der Waals surface area contributed by atoms with Crippen molar-refractivity contribution in [3.8, 4) is 0 Å². The van der Waals surface area contributed by atoms with E-state index in [1.54, 1.807) is 13.1 Å². The SMILES string of the molecule is CNC(=O)c1ccc(N2CCC(N3CCCC(c4nc5ccccc5c(=O)[nH]4)C3)CC2)c(Cl)n1. The molecule has 2 aliphatic heterocycles. The molecule has 2 N–H and O–H groups in total. The Morgan fingerprint density at radius 1 is 1.09 bits per heavy atom. The first-order valence-corrected chi connectivity index (χ1v) is 12.3. The minimum atomic E-state index is -0.242. The van der Waals surface area contributed by atoms with Crippen molar-refractivity contribution in [2.24, 2.45) is 0 Å². The molecule has 2 aliphatic rings. The molecule has 3 aromatic rings. The maximum absolute atomic E-state index is 12.5. The molecule has 0 aliphatic carbocycles. The third kappa shape index (κ3) is 4.52. The Kier molecular flexibility index (Phi) is 6.52. The molecule has 2 saturated heterocycles. The first-order chi connectivity index (χ1) is 16.5. The zero-order valence-electron chi connectivity index (χ0n) is 19.3. The number of aromatic nitrogens is 3. The molecule has 34 heavy (non-hydrogen) atoms. The maximum Gasteiger partial charge on any atom is 0.269 e. The lowest BCUT2D eigenvalue weighted by molar-refractivity contribution is 0.0958. The Morgan fingerprint density at radius 3 is 2.65 bits per heavy atom. The minimum absolute atomic E-state index is 0.0565. The highest BCUT2D eigenvalue weighted by atomic mass is 35.5. The molecule has 4 heterocycles. The van der Waals surface area contributed by atoms with Gasteiger partial charge in [0.25, 0.3) is 11.5 Å². The largest absolute Gasteiger partial charge is 0.369 e. The molecule has 1 amide bonds. The number of para-hydroxylation sites is 1. The summed E-state index contributed by atoms with van der Waals surface area (Å²) in [6, 6.07) is 11.6. The highest BCUT2D eigenvalue weighted by molar-refractivity contribution is 6.32. The number of likely N-dealkylation sites (tertiary alicyclic amines) is 1. The summed E-state index contributed by atoms with van der Waals surface area (Å²) in [4.78, 5) is 41.3. The van der Waals surface area contributed by atoms with E-state index >= 15 is 0 Å². The van der Waals surface area contributed by atoms with Crippen LogP contribution in [0.1, 0.15) is 47.9 Å². The molecule has 2 aromatic heterocycles. The van der Waals surface area contributed by atoms with Gasteiger partial charge in [-0.2, -0.15) is 0 Å². The number of aromatic amines is 1. The lowest BCUT2D eigenvalue weighted by atomic mass is 9.93. The number of nitrogens with zero attached hydrogens (tertiary/aromatic N) is 4. The van der Waals surface area contributed by atoms with Gasteiger partial charge in [-0.1, -0.05) is 23.7 Å². The van der Waals surface area contributed by atoms with E-state index in [-0.39, 0.29) is 17.4 Å². The fourth-order valence-electron chi connectivity index (χ4n) is 5.25. The van der Waals surface area contributed by atoms with Gasteiger partial charge in [-0.05, 0) is 56.5 Å². The molecule has 8 nitrogen and oxygen atoms in total. The lowest BCUT2D eigenvalue weighted by Gasteiger charge is -2.42. The smallest absolute Gasteiger partial charge is 0.269 e. The van der Waals surface area contributed by atoms with Gasteiger partial charge in [0.1, 0.15) is 11.5 Å². The quantitative estimate of drug-likeness (QED) is 0.557. The molecule has 1 atom stereocenters. The third-order valence-corrected chi connectivity index (χ3v) is 7.36. The summed E-state index contributed by atoms with van der Waals surface area (Å²) in [7, 11) is 1.58. The highest BCUT2D eigenvalue weighted by Gasteiger charge is 2.31. The summed E-state index contributed by atoms with van der Waals surface area (Å²) < 4.78 is 0. The molecule has 5 rings (SSSR count). The molecule has 0 radical (unpaired) electrons. The number of pyridine rings is 1. The van der Waals surface area contributed by atoms with Gasteiger partial charge in [-0.25, -0.2) is 9.97 Å². The molecular weight excluding hydrogens is 452 g/mol. The number of amides is 1. The second-order valence-corrected chi connectivity index (χ2v) is 9.46. The minimum Gasteiger partial charge on any atom is -0.369 e. The van der Waals surface area contributed by atoms with Crippen molar-refractivity contribution in [1.82, 2.24) is 25.2 Å². The van der Waals surface area contributed by atoms with E-state index in [0.29, 0.717) is 22.3 Å². The Morgan fingerprint density at radius 2 is 1.88 bits per heavy atom. The normalized spacial score (nSPS) is 19.9. The number of hydrogen-bond donors (Lipinski definition) is 2. The van der Waals surface area contributed by atoms with Crippen molar-refractivity contribution >= 4 is 34.1 Å². The number of rotatable bonds is 4. The Labute approximate surface area is 203 Å². The van der Waals surface area contributed by atoms with E-state index in [9.17, 15) is 9.59 Å². The van der Waals surface area contributed by atoms with Crippen LogP contribution in [0.25, 0.3) is 10.9 Å². The van der Waals surface area contributed by atoms with Crippen molar-refractivity contribution in [3.05, 3.63) is 63.4 Å². The lowest BCUT2D eigenvalue weighted by Crippen LogP contribution is -2.48. The summed E-state index contributed by atoms with van der Waals surface area (Å²) in [6.07, 6.45) is 4.19. The monoisotopic (exact) mass is 480 g/mol. The van der Waals surface area contributed by atoms with Crippen LogP contribution >= 0.6 is 11.6 Å². The van der Waals surface area contributed by atoms with Crippen molar-refractivity contribution in [3.63, 3.8) is 0 Å². The summed E-state index contributed by atoms with van der Waals surface area (Å²) in [5, 5.41) is 3.58. The topological polar surface area (TPSA) is 94.2 Å². The van der Waals surface area contributed by atoms with Crippen LogP contribution in [0.2, 0.25) is 5.15 Å². The second kappa shape index (κ2) is 9.72. The van der Waals surface area contributed by atoms with Crippen LogP contribution in [0, 0.1) is 0 Å². The van der Waals surface area contributed by atoms with E-state index in [1.165, 1.54) is 0 Å². The van der Waals surface area contributed by atoms with Crippen molar-refractivity contribution in [1.29, 1.82) is 0 Å². The summed E-state index contributed by atoms with van der Waals surface area (Å²) >= 11 is 6.41. The van der Waals surface area contributed by atoms with Gasteiger partial charge in [0.2, 0.25) is 0 Å². The standard InChI is InChI=1S/C25H29ClN6O2/c1-27-25(34)20-8-9-21(22(26)28-20)31-13-10-17(11-14-31)32-12-4-5-16(15-32)23-29-19-7-3-2-6-18(19)24(33)30-23/h2-3,6-9,16-17H,4-5,10-15H2,1H3,(H,27,34)(H,29,30,33). The Bertz CT molecular complexity index is 1250. The van der Waals surface area contributed by atoms with Crippen LogP contribution in [0.5, 0.6) is 0 Å². The number of carbonyl (C=O) groups is 1. The molecule has 0 spiro atoms. The van der Waals surface area contributed by atoms with Gasteiger partial charge in [-0.15, -0.1) is 0 Å². The predicted octanol–water partition coefficient (Wildman–Crippen LogP) is 3.18. The number of halogens is 1. The second-order valence-electron chi connectivity index (χ2n) is 9.11. The average Bonchev–Trinajstić information content (AvgIpc) is 2.88. The van der Waals surface area contributed by atoms with Gasteiger partial charge >= 0.3 is 0 Å². The first-order valence-electron chi connectivity index (χ1n) is 11.9. The Balaban J connectivity index is 1.24. The molecule has 1 unspecified atom stereocenters. The van der Waals surface area contributed by atoms with Crippen molar-refractivity contribution in [2.75, 3.05) is 38.1 Å². The number of piperidine rings is 2. The van der Waals surface area contributed by atoms with Crippen LogP contribution in [-0.2, 0) is 0 Å². The molecule has 1 aromatic carbocycles. The van der Waals surface area contributed by atoms with Crippen LogP contribution in [0.4, 0.5) is 5.69 Å². The van der Waals surface area contributed by atoms with Gasteiger partial charge < -0.3 is 15.2 Å². The maximum atomic E-state index is 12.5. The molecule has 9 heteroatoms. The van der Waals surface area contributed by atoms with E-state index in [1.807, 2.05) is 30.3 Å². The molecule has 2 fully saturated rings. The van der Waals surface area contributed by atoms with Crippen molar-refractivity contribution in [2.45, 2.75) is 37.6 Å². The molecular formula is C25H29ClN6O2. The molecule has 0 saturated carbocycles. The number of carbonyl (C=O) groups excluding carboxylic acids is 1. The van der Waals surface area contributed by atoms with E-state index < -0.39 is 0 Å². The number of H-pyrrole nitrogens is 1. The van der Waals surface area contributed by atoms with Gasteiger partial charge in [0.05, 0.1) is 16.6 Å². The summed E-state index contributed by atoms with van der Waals surface area (Å²) in [5.41, 5.74) is 1.91. The van der Waals surface area contributed by atoms with Gasteiger partial charge in [-0.3, -0.25) is 14.5 Å². The fraction of sp³-hybridized carbons (Fsp3) is 0.440. The van der Waals surface area contributed by atoms with Crippen LogP contribution in [-0.4, -0.2) is 65.0 Å². The van der Waals surface area contributed by atoms with Crippen LogP contribution in [0.15, 0.2) is 41.2 Å². The van der Waals surface area contributed by atoms with Crippen molar-refractivity contribution < 1.29 is 4.79 Å². The summed E-state index contributed by atoms with van der Waals surface area (Å²) in [5.74, 6) is 0.800. The van der Waals surface area contributed by atoms with Crippen LogP contribution < -0.4 is 15.8 Å². The van der Waals surface area contributed by atoms with Crippen LogP contribution in [0.3, 0.4) is 0 Å². The number of anilines is 1. The number of nitrogens with one attached hydrogen (secondary N) is 2. The zero-order chi connectivity index (χ0) is 23.7. The third-order valence-electron chi connectivity index (χ3n) is 7.08. The molecule has 178 valence electrons. The predicted molar refractivity (Wildman–Crippen MR) is 134 cm³/mol. The highest BCUT2D eigenvalue weighted by Crippen LogP contribution is 2.31. The average molecular weight is 481 g/mol. The van der Waals surface area contributed by atoms with E-state index in [2.05, 4.69) is 25.1 Å². The zero-order valence-corrected chi connectivity index (χ0v) is 20.0. The van der Waals surface area contributed by atoms with Gasteiger partial charge in [0.15, 0.2) is 5.15 Å². The number of benzene rings is 1. The summed E-state index contributed by atoms with van der Waals surface area (Å²) in [6.45, 7) is 3.76. The molecule has 0 bridgehead atoms. The Hall–Kier alpha value is -2.97. The fourth-order valence-corrected chi connectivity index (χ4v) is 5.52. The van der Waals surface area contributed by atoms with E-state index in [4.69, 9.17) is 16.6 Å². The van der Waals surface area contributed by atoms with Gasteiger partial charge in [0, 0.05) is 38.6 Å².